The highest BCUT2D eigenvalue weighted by Gasteiger charge is 2.67. The van der Waals surface area contributed by atoms with Crippen LogP contribution in [0.2, 0.25) is 0 Å². The van der Waals surface area contributed by atoms with Crippen LogP contribution in [0.5, 0.6) is 0 Å². The lowest BCUT2D eigenvalue weighted by molar-refractivity contribution is -0.163. The highest BCUT2D eigenvalue weighted by molar-refractivity contribution is 6.67. The third kappa shape index (κ3) is 4.24. The summed E-state index contributed by atoms with van der Waals surface area (Å²) in [4.78, 5) is 37.1. The molecule has 4 aliphatic carbocycles. The number of allylic oxidation sites excluding steroid dienone is 4. The number of carbonyl (C=O) groups is 3. The molecule has 6 unspecified atom stereocenters. The SMILES string of the molecule is CC(Cl)(Cl)Cl.COC(=O)C1CC2=CC(=O)CCC2(C)C2=CCC3(C)C(CCC34CCC(=O)O4)C21. The van der Waals surface area contributed by atoms with Crippen LogP contribution in [0, 0.1) is 28.6 Å². The highest BCUT2D eigenvalue weighted by atomic mass is 35.6. The van der Waals surface area contributed by atoms with E-state index in [1.54, 1.807) is 6.08 Å². The monoisotopic (exact) mass is 530 g/mol. The molecule has 5 nitrogen and oxygen atoms in total. The van der Waals surface area contributed by atoms with Crippen molar-refractivity contribution in [2.75, 3.05) is 7.11 Å². The number of hydrogen-bond acceptors (Lipinski definition) is 5. The molecule has 0 aromatic rings. The molecule has 188 valence electrons. The Kier molecular flexibility index (Phi) is 6.75. The number of carbonyl (C=O) groups excluding carboxylic acids is 3. The molecule has 5 rings (SSSR count). The number of fused-ring (bicyclic) bond motifs is 6. The van der Waals surface area contributed by atoms with Gasteiger partial charge in [-0.3, -0.25) is 14.4 Å². The number of ether oxygens (including phenoxy) is 2. The second kappa shape index (κ2) is 8.81. The first kappa shape index (κ1) is 26.0. The van der Waals surface area contributed by atoms with Crippen molar-refractivity contribution < 1.29 is 23.9 Å². The van der Waals surface area contributed by atoms with Crippen LogP contribution in [0.3, 0.4) is 0 Å². The number of rotatable bonds is 1. The van der Waals surface area contributed by atoms with Gasteiger partial charge in [0.25, 0.3) is 0 Å². The number of hydrogen-bond donors (Lipinski definition) is 0. The Labute approximate surface area is 216 Å². The zero-order valence-corrected chi connectivity index (χ0v) is 22.5. The number of esters is 2. The first-order valence-corrected chi connectivity index (χ1v) is 13.2. The quantitative estimate of drug-likeness (QED) is 0.226. The van der Waals surface area contributed by atoms with E-state index in [0.717, 1.165) is 37.7 Å². The Hall–Kier alpha value is -1.04. The Morgan fingerprint density at radius 2 is 1.82 bits per heavy atom. The zero-order chi connectivity index (χ0) is 25.1. The average molecular weight is 532 g/mol. The molecule has 0 N–H and O–H groups in total. The van der Waals surface area contributed by atoms with E-state index in [1.165, 1.54) is 19.6 Å². The van der Waals surface area contributed by atoms with Crippen LogP contribution in [0.25, 0.3) is 0 Å². The van der Waals surface area contributed by atoms with Gasteiger partial charge in [-0.2, -0.15) is 0 Å². The molecule has 1 aliphatic heterocycles. The standard InChI is InChI=1S/C24H30O5.C2H3Cl3/c1-22-8-4-15(25)12-14(22)13-16(21(27)28-3)20-17(22)5-9-23(2)18(20)6-10-24(23)11-7-19(26)29-24;1-2(3,4)5/h5,12,16,18,20H,4,6-11,13H2,1-3H3;1H3. The summed E-state index contributed by atoms with van der Waals surface area (Å²) in [5.41, 5.74) is 1.72. The minimum atomic E-state index is -1.08. The second-order valence-corrected chi connectivity index (χ2v) is 13.9. The minimum Gasteiger partial charge on any atom is -0.469 e. The van der Waals surface area contributed by atoms with Gasteiger partial charge in [0.05, 0.1) is 13.0 Å². The molecule has 8 heteroatoms. The fourth-order valence-electron chi connectivity index (χ4n) is 7.53. The van der Waals surface area contributed by atoms with Gasteiger partial charge in [0.2, 0.25) is 0 Å². The summed E-state index contributed by atoms with van der Waals surface area (Å²) in [6.45, 7) is 6.00. The number of methoxy groups -OCH3 is 1. The van der Waals surface area contributed by atoms with Gasteiger partial charge in [-0.05, 0) is 63.4 Å². The lowest BCUT2D eigenvalue weighted by Gasteiger charge is -2.56. The van der Waals surface area contributed by atoms with Crippen LogP contribution in [-0.4, -0.2) is 34.2 Å². The molecule has 3 fully saturated rings. The average Bonchev–Trinajstić information content (AvgIpc) is 3.26. The van der Waals surface area contributed by atoms with Crippen LogP contribution >= 0.6 is 34.8 Å². The molecule has 0 aromatic carbocycles. The second-order valence-electron chi connectivity index (χ2n) is 11.0. The van der Waals surface area contributed by atoms with Gasteiger partial charge in [-0.1, -0.05) is 65.9 Å². The van der Waals surface area contributed by atoms with Crippen molar-refractivity contribution in [3.05, 3.63) is 23.3 Å². The van der Waals surface area contributed by atoms with Crippen LogP contribution in [0.4, 0.5) is 0 Å². The topological polar surface area (TPSA) is 69.7 Å². The lowest BCUT2D eigenvalue weighted by atomic mass is 9.48. The Morgan fingerprint density at radius 3 is 2.41 bits per heavy atom. The van der Waals surface area contributed by atoms with Crippen molar-refractivity contribution in [2.45, 2.75) is 81.5 Å². The molecule has 1 saturated heterocycles. The van der Waals surface area contributed by atoms with Crippen molar-refractivity contribution in [1.29, 1.82) is 0 Å². The summed E-state index contributed by atoms with van der Waals surface area (Å²) >= 11 is 15.2. The third-order valence-corrected chi connectivity index (χ3v) is 9.23. The van der Waals surface area contributed by atoms with Gasteiger partial charge in [-0.25, -0.2) is 0 Å². The Morgan fingerprint density at radius 1 is 1.15 bits per heavy atom. The molecular weight excluding hydrogens is 499 g/mol. The fraction of sp³-hybridized carbons (Fsp3) is 0.731. The van der Waals surface area contributed by atoms with Crippen molar-refractivity contribution >= 4 is 52.5 Å². The summed E-state index contributed by atoms with van der Waals surface area (Å²) in [5.74, 6) is 0.00356. The van der Waals surface area contributed by atoms with Gasteiger partial charge in [0.15, 0.2) is 9.58 Å². The van der Waals surface area contributed by atoms with E-state index in [4.69, 9.17) is 44.3 Å². The normalized spacial score (nSPS) is 40.7. The van der Waals surface area contributed by atoms with E-state index in [1.807, 2.05) is 0 Å². The van der Waals surface area contributed by atoms with E-state index in [-0.39, 0.29) is 46.3 Å². The molecule has 1 heterocycles. The van der Waals surface area contributed by atoms with E-state index in [9.17, 15) is 14.4 Å². The van der Waals surface area contributed by atoms with E-state index in [0.29, 0.717) is 19.3 Å². The maximum Gasteiger partial charge on any atom is 0.309 e. The molecule has 6 atom stereocenters. The fourth-order valence-corrected chi connectivity index (χ4v) is 7.53. The summed E-state index contributed by atoms with van der Waals surface area (Å²) in [7, 11) is 1.46. The first-order chi connectivity index (χ1) is 15.7. The van der Waals surface area contributed by atoms with Crippen LogP contribution in [0.15, 0.2) is 23.3 Å². The molecular formula is C26H33Cl3O5. The summed E-state index contributed by atoms with van der Waals surface area (Å²) in [6.07, 6.45) is 10.1. The third-order valence-electron chi connectivity index (χ3n) is 9.23. The van der Waals surface area contributed by atoms with Gasteiger partial charge in [0.1, 0.15) is 5.60 Å². The van der Waals surface area contributed by atoms with Crippen molar-refractivity contribution in [3.63, 3.8) is 0 Å². The van der Waals surface area contributed by atoms with Crippen LogP contribution in [0.1, 0.15) is 72.1 Å². The largest absolute Gasteiger partial charge is 0.469 e. The molecule has 0 radical (unpaired) electrons. The summed E-state index contributed by atoms with van der Waals surface area (Å²) in [6, 6.07) is 0. The van der Waals surface area contributed by atoms with Crippen molar-refractivity contribution in [1.82, 2.24) is 0 Å². The molecule has 2 saturated carbocycles. The first-order valence-electron chi connectivity index (χ1n) is 12.0. The van der Waals surface area contributed by atoms with Crippen molar-refractivity contribution in [2.24, 2.45) is 28.6 Å². The van der Waals surface area contributed by atoms with Crippen molar-refractivity contribution in [3.8, 4) is 0 Å². The maximum absolute atomic E-state index is 12.9. The summed E-state index contributed by atoms with van der Waals surface area (Å²) < 4.78 is 10.1. The molecule has 5 aliphatic rings. The predicted octanol–water partition coefficient (Wildman–Crippen LogP) is 6.29. The highest BCUT2D eigenvalue weighted by Crippen LogP contribution is 2.69. The lowest BCUT2D eigenvalue weighted by Crippen LogP contribution is -2.53. The maximum atomic E-state index is 12.9. The van der Waals surface area contributed by atoms with E-state index in [2.05, 4.69) is 19.9 Å². The van der Waals surface area contributed by atoms with Gasteiger partial charge >= 0.3 is 11.9 Å². The number of ketones is 1. The van der Waals surface area contributed by atoms with Crippen LogP contribution < -0.4 is 0 Å². The van der Waals surface area contributed by atoms with Gasteiger partial charge in [0, 0.05) is 23.7 Å². The number of halogens is 3. The van der Waals surface area contributed by atoms with E-state index >= 15 is 0 Å². The Balaban J connectivity index is 0.000000499. The smallest absolute Gasteiger partial charge is 0.309 e. The van der Waals surface area contributed by atoms with Gasteiger partial charge < -0.3 is 9.47 Å². The zero-order valence-electron chi connectivity index (χ0n) is 20.2. The molecule has 1 spiro atoms. The van der Waals surface area contributed by atoms with E-state index < -0.39 is 9.39 Å². The van der Waals surface area contributed by atoms with Gasteiger partial charge in [-0.15, -0.1) is 0 Å². The number of alkyl halides is 3. The molecule has 0 bridgehead atoms. The van der Waals surface area contributed by atoms with Crippen LogP contribution in [-0.2, 0) is 23.9 Å². The molecule has 0 aromatic heterocycles. The predicted molar refractivity (Wildman–Crippen MR) is 132 cm³/mol. The Bertz CT molecular complexity index is 960. The summed E-state index contributed by atoms with van der Waals surface area (Å²) in [5, 5.41) is 0. The minimum absolute atomic E-state index is 0.0854. The molecule has 0 amide bonds. The molecule has 34 heavy (non-hydrogen) atoms.